The maximum atomic E-state index is 12.8. The second-order valence-electron chi connectivity index (χ2n) is 6.84. The van der Waals surface area contributed by atoms with Gasteiger partial charge in [0.1, 0.15) is 5.60 Å². The summed E-state index contributed by atoms with van der Waals surface area (Å²) in [5.74, 6) is 0. The number of hydrogen-bond acceptors (Lipinski definition) is 4. The normalized spacial score (nSPS) is 20.0. The molecular formula is C16H23BrN2O4S. The number of amides is 1. The van der Waals surface area contributed by atoms with Gasteiger partial charge in [-0.1, -0.05) is 22.0 Å². The third-order valence-electron chi connectivity index (χ3n) is 3.65. The van der Waals surface area contributed by atoms with Gasteiger partial charge in [-0.15, -0.1) is 0 Å². The van der Waals surface area contributed by atoms with Gasteiger partial charge in [-0.2, -0.15) is 4.31 Å². The molecule has 1 aromatic rings. The Kier molecular flexibility index (Phi) is 5.61. The van der Waals surface area contributed by atoms with Gasteiger partial charge in [0.05, 0.1) is 4.90 Å². The third kappa shape index (κ3) is 4.49. The van der Waals surface area contributed by atoms with Gasteiger partial charge in [0.2, 0.25) is 10.0 Å². The number of carbonyl (C=O) groups is 1. The van der Waals surface area contributed by atoms with Crippen molar-refractivity contribution in [3.05, 3.63) is 28.7 Å². The van der Waals surface area contributed by atoms with E-state index in [1.807, 2.05) is 27.7 Å². The zero-order valence-electron chi connectivity index (χ0n) is 14.3. The van der Waals surface area contributed by atoms with Crippen LogP contribution in [-0.4, -0.2) is 55.0 Å². The minimum Gasteiger partial charge on any atom is -0.444 e. The van der Waals surface area contributed by atoms with Crippen LogP contribution in [0, 0.1) is 0 Å². The molecule has 0 spiro atoms. The van der Waals surface area contributed by atoms with Crippen molar-refractivity contribution in [1.29, 1.82) is 0 Å². The van der Waals surface area contributed by atoms with Crippen molar-refractivity contribution in [3.63, 3.8) is 0 Å². The first-order chi connectivity index (χ1) is 11.0. The lowest BCUT2D eigenvalue weighted by atomic mass is 10.2. The molecule has 1 saturated heterocycles. The molecule has 0 N–H and O–H groups in total. The van der Waals surface area contributed by atoms with Crippen LogP contribution < -0.4 is 0 Å². The molecule has 0 aromatic heterocycles. The Morgan fingerprint density at radius 1 is 1.29 bits per heavy atom. The Morgan fingerprint density at radius 3 is 2.50 bits per heavy atom. The van der Waals surface area contributed by atoms with E-state index < -0.39 is 21.7 Å². The fourth-order valence-corrected chi connectivity index (χ4v) is 4.62. The molecular weight excluding hydrogens is 396 g/mol. The number of rotatable bonds is 2. The second-order valence-corrected chi connectivity index (χ2v) is 9.70. The van der Waals surface area contributed by atoms with Gasteiger partial charge in [-0.05, 0) is 45.9 Å². The van der Waals surface area contributed by atoms with E-state index in [1.165, 1.54) is 4.31 Å². The Hall–Kier alpha value is -1.12. The fraction of sp³-hybridized carbons (Fsp3) is 0.562. The highest BCUT2D eigenvalue weighted by Gasteiger charge is 2.35. The highest BCUT2D eigenvalue weighted by atomic mass is 79.9. The molecule has 1 heterocycles. The number of piperazine rings is 1. The molecule has 2 rings (SSSR count). The SMILES string of the molecule is C[C@H]1CN(S(=O)(=O)c2cccc(Br)c2)CCN1C(=O)OC(C)(C)C. The van der Waals surface area contributed by atoms with Gasteiger partial charge in [0.15, 0.2) is 0 Å². The lowest BCUT2D eigenvalue weighted by molar-refractivity contribution is 0.00859. The first-order valence-corrected chi connectivity index (χ1v) is 9.99. The number of halogens is 1. The van der Waals surface area contributed by atoms with E-state index in [2.05, 4.69) is 15.9 Å². The maximum Gasteiger partial charge on any atom is 0.410 e. The van der Waals surface area contributed by atoms with Crippen LogP contribution in [0.3, 0.4) is 0 Å². The number of nitrogens with zero attached hydrogens (tertiary/aromatic N) is 2. The molecule has 0 aliphatic carbocycles. The van der Waals surface area contributed by atoms with Crippen molar-refractivity contribution in [2.45, 2.75) is 44.2 Å². The fourth-order valence-electron chi connectivity index (χ4n) is 2.51. The van der Waals surface area contributed by atoms with E-state index in [9.17, 15) is 13.2 Å². The van der Waals surface area contributed by atoms with Gasteiger partial charge in [-0.3, -0.25) is 0 Å². The van der Waals surface area contributed by atoms with E-state index in [0.29, 0.717) is 11.0 Å². The second kappa shape index (κ2) is 7.01. The predicted octanol–water partition coefficient (Wildman–Crippen LogP) is 3.08. The van der Waals surface area contributed by atoms with Crippen LogP contribution in [0.2, 0.25) is 0 Å². The molecule has 0 bridgehead atoms. The summed E-state index contributed by atoms with van der Waals surface area (Å²) in [6.45, 7) is 8.05. The van der Waals surface area contributed by atoms with Gasteiger partial charge in [-0.25, -0.2) is 13.2 Å². The number of ether oxygens (including phenoxy) is 1. The van der Waals surface area contributed by atoms with E-state index in [0.717, 1.165) is 0 Å². The highest BCUT2D eigenvalue weighted by molar-refractivity contribution is 9.10. The van der Waals surface area contributed by atoms with E-state index in [4.69, 9.17) is 4.74 Å². The molecule has 0 saturated carbocycles. The summed E-state index contributed by atoms with van der Waals surface area (Å²) in [6.07, 6.45) is -0.408. The van der Waals surface area contributed by atoms with Gasteiger partial charge in [0, 0.05) is 30.1 Å². The Labute approximate surface area is 151 Å². The molecule has 0 radical (unpaired) electrons. The summed E-state index contributed by atoms with van der Waals surface area (Å²) in [7, 11) is -3.58. The van der Waals surface area contributed by atoms with Crippen molar-refractivity contribution in [2.24, 2.45) is 0 Å². The van der Waals surface area contributed by atoms with Crippen LogP contribution in [0.15, 0.2) is 33.6 Å². The molecule has 134 valence electrons. The van der Waals surface area contributed by atoms with Crippen molar-refractivity contribution in [3.8, 4) is 0 Å². The minimum absolute atomic E-state index is 0.244. The van der Waals surface area contributed by atoms with Crippen LogP contribution >= 0.6 is 15.9 Å². The quantitative estimate of drug-likeness (QED) is 0.739. The standard InChI is InChI=1S/C16H23BrN2O4S/c1-12-11-18(8-9-19(12)15(20)23-16(2,3)4)24(21,22)14-7-5-6-13(17)10-14/h5-7,10,12H,8-9,11H2,1-4H3/t12-/m0/s1. The van der Waals surface area contributed by atoms with Crippen LogP contribution in [0.25, 0.3) is 0 Å². The minimum atomic E-state index is -3.58. The molecule has 1 aromatic carbocycles. The average Bonchev–Trinajstić information content (AvgIpc) is 2.45. The van der Waals surface area contributed by atoms with Gasteiger partial charge >= 0.3 is 6.09 Å². The van der Waals surface area contributed by atoms with Crippen LogP contribution in [-0.2, 0) is 14.8 Å². The lowest BCUT2D eigenvalue weighted by Crippen LogP contribution is -2.56. The first-order valence-electron chi connectivity index (χ1n) is 7.76. The smallest absolute Gasteiger partial charge is 0.410 e. The van der Waals surface area contributed by atoms with Crippen molar-refractivity contribution < 1.29 is 17.9 Å². The van der Waals surface area contributed by atoms with Gasteiger partial charge < -0.3 is 9.64 Å². The summed E-state index contributed by atoms with van der Waals surface area (Å²) >= 11 is 3.29. The van der Waals surface area contributed by atoms with Crippen molar-refractivity contribution >= 4 is 32.0 Å². The van der Waals surface area contributed by atoms with Crippen molar-refractivity contribution in [1.82, 2.24) is 9.21 Å². The summed E-state index contributed by atoms with van der Waals surface area (Å²) in [5, 5.41) is 0. The van der Waals surface area contributed by atoms with Crippen LogP contribution in [0.5, 0.6) is 0 Å². The molecule has 1 fully saturated rings. The third-order valence-corrected chi connectivity index (χ3v) is 6.01. The zero-order chi connectivity index (χ0) is 18.1. The number of sulfonamides is 1. The summed E-state index contributed by atoms with van der Waals surface area (Å²) in [5.41, 5.74) is -0.573. The highest BCUT2D eigenvalue weighted by Crippen LogP contribution is 2.23. The van der Waals surface area contributed by atoms with E-state index in [-0.39, 0.29) is 24.0 Å². The average molecular weight is 419 g/mol. The molecule has 24 heavy (non-hydrogen) atoms. The Bertz CT molecular complexity index is 715. The van der Waals surface area contributed by atoms with Crippen molar-refractivity contribution in [2.75, 3.05) is 19.6 Å². The summed E-state index contributed by atoms with van der Waals surface area (Å²) in [4.78, 5) is 14.1. The van der Waals surface area contributed by atoms with Gasteiger partial charge in [0.25, 0.3) is 0 Å². The topological polar surface area (TPSA) is 66.9 Å². The molecule has 1 atom stereocenters. The summed E-state index contributed by atoms with van der Waals surface area (Å²) < 4.78 is 33.0. The van der Waals surface area contributed by atoms with Crippen LogP contribution in [0.1, 0.15) is 27.7 Å². The van der Waals surface area contributed by atoms with E-state index in [1.54, 1.807) is 29.2 Å². The number of hydrogen-bond donors (Lipinski definition) is 0. The largest absolute Gasteiger partial charge is 0.444 e. The van der Waals surface area contributed by atoms with E-state index >= 15 is 0 Å². The Balaban J connectivity index is 2.11. The molecule has 6 nitrogen and oxygen atoms in total. The molecule has 1 aliphatic rings. The lowest BCUT2D eigenvalue weighted by Gasteiger charge is -2.39. The number of benzene rings is 1. The Morgan fingerprint density at radius 2 is 1.96 bits per heavy atom. The maximum absolute atomic E-state index is 12.8. The molecule has 8 heteroatoms. The number of carbonyl (C=O) groups excluding carboxylic acids is 1. The zero-order valence-corrected chi connectivity index (χ0v) is 16.7. The molecule has 1 amide bonds. The summed E-state index contributed by atoms with van der Waals surface area (Å²) in [6, 6.07) is 6.38. The predicted molar refractivity (Wildman–Crippen MR) is 95.3 cm³/mol. The van der Waals surface area contributed by atoms with Crippen LogP contribution in [0.4, 0.5) is 4.79 Å². The first kappa shape index (κ1) is 19.2. The monoisotopic (exact) mass is 418 g/mol. The molecule has 0 unspecified atom stereocenters. The molecule has 1 aliphatic heterocycles.